The fourth-order valence-electron chi connectivity index (χ4n) is 2.96. The molecule has 3 heterocycles. The Hall–Kier alpha value is -3.55. The largest absolute Gasteiger partial charge is 0.471 e. The minimum atomic E-state index is 0.375. The number of aryl methyl sites for hydroxylation is 1. The molecular formula is C20H20N6O2. The number of nitrogens with one attached hydrogen (secondary N) is 2. The second kappa shape index (κ2) is 7.59. The average molecular weight is 376 g/mol. The molecule has 0 spiro atoms. The fourth-order valence-corrected chi connectivity index (χ4v) is 2.96. The summed E-state index contributed by atoms with van der Waals surface area (Å²) >= 11 is 0. The van der Waals surface area contributed by atoms with E-state index in [1.807, 2.05) is 12.4 Å². The van der Waals surface area contributed by atoms with Gasteiger partial charge in [-0.15, -0.1) is 0 Å². The first-order valence-corrected chi connectivity index (χ1v) is 8.99. The number of H-pyrrole nitrogens is 1. The number of methoxy groups -OCH3 is 1. The summed E-state index contributed by atoms with van der Waals surface area (Å²) in [5.41, 5.74) is 4.74. The van der Waals surface area contributed by atoms with Gasteiger partial charge in [-0.25, -0.2) is 15.0 Å². The zero-order valence-corrected chi connectivity index (χ0v) is 15.6. The van der Waals surface area contributed by atoms with Crippen molar-refractivity contribution >= 4 is 34.2 Å². The molecule has 0 unspecified atom stereocenters. The summed E-state index contributed by atoms with van der Waals surface area (Å²) in [7, 11) is 1.31. The summed E-state index contributed by atoms with van der Waals surface area (Å²) in [5.74, 6) is 0.669. The van der Waals surface area contributed by atoms with Gasteiger partial charge in [-0.1, -0.05) is 12.1 Å². The van der Waals surface area contributed by atoms with Crippen molar-refractivity contribution in [3.63, 3.8) is 0 Å². The van der Waals surface area contributed by atoms with E-state index in [1.54, 1.807) is 6.20 Å². The van der Waals surface area contributed by atoms with Gasteiger partial charge in [0.2, 0.25) is 5.95 Å². The molecule has 8 heteroatoms. The summed E-state index contributed by atoms with van der Waals surface area (Å²) in [4.78, 5) is 23.1. The molecule has 8 nitrogen and oxygen atoms in total. The van der Waals surface area contributed by atoms with Crippen molar-refractivity contribution in [1.29, 1.82) is 0 Å². The third kappa shape index (κ3) is 3.62. The Morgan fingerprint density at radius 2 is 2.04 bits per heavy atom. The summed E-state index contributed by atoms with van der Waals surface area (Å²) in [6, 6.07) is 6.79. The third-order valence-corrected chi connectivity index (χ3v) is 4.47. The number of benzene rings is 1. The third-order valence-electron chi connectivity index (χ3n) is 4.47. The molecule has 1 aliphatic rings. The van der Waals surface area contributed by atoms with Gasteiger partial charge in [0.15, 0.2) is 0 Å². The Morgan fingerprint density at radius 1 is 1.21 bits per heavy atom. The van der Waals surface area contributed by atoms with Gasteiger partial charge in [0.1, 0.15) is 11.2 Å². The molecule has 1 aliphatic carbocycles. The lowest BCUT2D eigenvalue weighted by atomic mass is 10.1. The van der Waals surface area contributed by atoms with Crippen LogP contribution >= 0.6 is 0 Å². The van der Waals surface area contributed by atoms with Crippen LogP contribution in [-0.2, 0) is 9.53 Å². The minimum Gasteiger partial charge on any atom is -0.471 e. The van der Waals surface area contributed by atoms with E-state index in [-0.39, 0.29) is 0 Å². The minimum absolute atomic E-state index is 0.375. The number of anilines is 1. The van der Waals surface area contributed by atoms with Crippen LogP contribution in [0.3, 0.4) is 0 Å². The maximum Gasteiger partial charge on any atom is 0.292 e. The quantitative estimate of drug-likeness (QED) is 0.416. The molecule has 5 rings (SSSR count). The Bertz CT molecular complexity index is 1120. The van der Waals surface area contributed by atoms with Gasteiger partial charge in [-0.3, -0.25) is 9.89 Å². The Labute approximate surface area is 161 Å². The van der Waals surface area contributed by atoms with E-state index >= 15 is 0 Å². The summed E-state index contributed by atoms with van der Waals surface area (Å²) in [5, 5.41) is 12.4. The van der Waals surface area contributed by atoms with Crippen molar-refractivity contribution in [2.45, 2.75) is 25.8 Å². The molecule has 0 radical (unpaired) electrons. The molecule has 1 saturated carbocycles. The van der Waals surface area contributed by atoms with E-state index in [4.69, 9.17) is 14.8 Å². The number of carbonyl (C=O) groups excluding carboxylic acids is 1. The lowest BCUT2D eigenvalue weighted by molar-refractivity contribution is -0.126. The molecule has 0 saturated heterocycles. The topological polar surface area (TPSA) is 106 Å². The molecule has 28 heavy (non-hydrogen) atoms. The van der Waals surface area contributed by atoms with Crippen LogP contribution in [0.1, 0.15) is 18.4 Å². The lowest BCUT2D eigenvalue weighted by Gasteiger charge is -2.10. The number of nitrogens with zero attached hydrogens (tertiary/aromatic N) is 4. The highest BCUT2D eigenvalue weighted by Crippen LogP contribution is 2.32. The number of hydrogen-bond donors (Lipinski definition) is 2. The first-order chi connectivity index (χ1) is 13.7. The fraction of sp³-hybridized carbons (Fsp3) is 0.250. The van der Waals surface area contributed by atoms with Crippen LogP contribution in [0.15, 0.2) is 36.8 Å². The van der Waals surface area contributed by atoms with Gasteiger partial charge in [-0.2, -0.15) is 5.10 Å². The van der Waals surface area contributed by atoms with Crippen LogP contribution in [0, 0.1) is 6.92 Å². The number of ether oxygens (including phenoxy) is 1. The van der Waals surface area contributed by atoms with Crippen LogP contribution in [0.5, 0.6) is 0 Å². The van der Waals surface area contributed by atoms with Crippen LogP contribution in [-0.4, -0.2) is 44.8 Å². The molecule has 1 aromatic carbocycles. The molecule has 0 aliphatic heterocycles. The van der Waals surface area contributed by atoms with E-state index in [0.717, 1.165) is 33.1 Å². The van der Waals surface area contributed by atoms with E-state index < -0.39 is 0 Å². The average Bonchev–Trinajstić information content (AvgIpc) is 3.36. The first kappa shape index (κ1) is 17.8. The molecule has 0 amide bonds. The highest BCUT2D eigenvalue weighted by Gasteiger charge is 2.22. The van der Waals surface area contributed by atoms with E-state index in [0.29, 0.717) is 18.5 Å². The zero-order valence-electron chi connectivity index (χ0n) is 15.6. The molecule has 1 fully saturated rings. The molecular weight excluding hydrogens is 356 g/mol. The number of carbonyl (C=O) groups is 1. The second-order valence-corrected chi connectivity index (χ2v) is 6.67. The van der Waals surface area contributed by atoms with Crippen molar-refractivity contribution in [2.75, 3.05) is 12.4 Å². The SMILES string of the molecule is COC=O.Cc1ccc2c(c1)nc(-c1cn[nH]c1)c1nc(NC3CC3)ncc12. The molecule has 2 N–H and O–H groups in total. The number of fused-ring (bicyclic) bond motifs is 3. The van der Waals surface area contributed by atoms with Crippen LogP contribution in [0.4, 0.5) is 5.95 Å². The van der Waals surface area contributed by atoms with Gasteiger partial charge in [-0.05, 0) is 31.4 Å². The summed E-state index contributed by atoms with van der Waals surface area (Å²) in [6.07, 6.45) is 7.89. The second-order valence-electron chi connectivity index (χ2n) is 6.67. The van der Waals surface area contributed by atoms with Crippen molar-refractivity contribution in [3.8, 4) is 11.3 Å². The van der Waals surface area contributed by atoms with E-state index in [2.05, 4.69) is 50.4 Å². The Morgan fingerprint density at radius 3 is 2.71 bits per heavy atom. The maximum atomic E-state index is 8.95. The van der Waals surface area contributed by atoms with Gasteiger partial charge >= 0.3 is 0 Å². The Balaban J connectivity index is 0.000000442. The highest BCUT2D eigenvalue weighted by atomic mass is 16.5. The summed E-state index contributed by atoms with van der Waals surface area (Å²) in [6.45, 7) is 2.45. The van der Waals surface area contributed by atoms with Crippen molar-refractivity contribution < 1.29 is 9.53 Å². The summed E-state index contributed by atoms with van der Waals surface area (Å²) < 4.78 is 3.86. The number of hydrogen-bond acceptors (Lipinski definition) is 7. The molecule has 0 atom stereocenters. The highest BCUT2D eigenvalue weighted by molar-refractivity contribution is 6.09. The number of rotatable bonds is 4. The molecule has 3 aromatic heterocycles. The maximum absolute atomic E-state index is 8.95. The van der Waals surface area contributed by atoms with Crippen molar-refractivity contribution in [1.82, 2.24) is 25.1 Å². The monoisotopic (exact) mass is 376 g/mol. The molecule has 0 bridgehead atoms. The number of aromatic amines is 1. The predicted octanol–water partition coefficient (Wildman–Crippen LogP) is 3.24. The molecule has 142 valence electrons. The van der Waals surface area contributed by atoms with Gasteiger partial charge < -0.3 is 10.1 Å². The van der Waals surface area contributed by atoms with E-state index in [9.17, 15) is 0 Å². The smallest absolute Gasteiger partial charge is 0.292 e. The van der Waals surface area contributed by atoms with Gasteiger partial charge in [0, 0.05) is 34.8 Å². The normalized spacial score (nSPS) is 13.1. The lowest BCUT2D eigenvalue weighted by Crippen LogP contribution is -2.05. The van der Waals surface area contributed by atoms with Crippen LogP contribution in [0.2, 0.25) is 0 Å². The van der Waals surface area contributed by atoms with Crippen molar-refractivity contribution in [3.05, 3.63) is 42.4 Å². The van der Waals surface area contributed by atoms with Gasteiger partial charge in [0.25, 0.3) is 6.47 Å². The first-order valence-electron chi connectivity index (χ1n) is 8.99. The van der Waals surface area contributed by atoms with Crippen LogP contribution in [0.25, 0.3) is 33.1 Å². The van der Waals surface area contributed by atoms with Crippen molar-refractivity contribution in [2.24, 2.45) is 0 Å². The number of pyridine rings is 1. The predicted molar refractivity (Wildman–Crippen MR) is 107 cm³/mol. The van der Waals surface area contributed by atoms with Gasteiger partial charge in [0.05, 0.1) is 18.8 Å². The number of aromatic nitrogens is 5. The van der Waals surface area contributed by atoms with Crippen LogP contribution < -0.4 is 5.32 Å². The molecule has 4 aromatic rings. The zero-order chi connectivity index (χ0) is 19.5. The van der Waals surface area contributed by atoms with E-state index in [1.165, 1.54) is 25.5 Å². The Kier molecular flexibility index (Phi) is 4.84. The standard InChI is InChI=1S/C18H16N6.C2H4O2/c1-10-2-5-13-14-9-19-18(22-12-3-4-12)24-17(14)16(23-15(13)6-10)11-7-20-21-8-11;1-4-2-3/h2,5-9,12H,3-4H2,1H3,(H,20,21)(H,19,22,24);2H,1H3.